The fraction of sp³-hybridized carbons (Fsp3) is 0.588. The van der Waals surface area contributed by atoms with Crippen LogP contribution in [0.15, 0.2) is 10.5 Å². The van der Waals surface area contributed by atoms with Crippen LogP contribution >= 0.6 is 11.6 Å². The minimum absolute atomic E-state index is 0.185. The molecular formula is C17H25ClN4O2S. The van der Waals surface area contributed by atoms with Crippen molar-refractivity contribution >= 4 is 40.9 Å². The minimum atomic E-state index is -1.44. The molecule has 0 saturated heterocycles. The smallest absolute Gasteiger partial charge is 0.254 e. The predicted octanol–water partition coefficient (Wildman–Crippen LogP) is 2.92. The Kier molecular flexibility index (Phi) is 6.01. The highest BCUT2D eigenvalue weighted by molar-refractivity contribution is 7.91. The highest BCUT2D eigenvalue weighted by atomic mass is 35.5. The maximum absolute atomic E-state index is 12.6. The van der Waals surface area contributed by atoms with E-state index in [2.05, 4.69) is 9.38 Å². The summed E-state index contributed by atoms with van der Waals surface area (Å²) >= 11 is 4.91. The summed E-state index contributed by atoms with van der Waals surface area (Å²) in [6.45, 7) is 5.50. The molecule has 2 rings (SSSR count). The summed E-state index contributed by atoms with van der Waals surface area (Å²) in [7, 11) is 5.30. The third-order valence-electron chi connectivity index (χ3n) is 3.89. The summed E-state index contributed by atoms with van der Waals surface area (Å²) in [4.78, 5) is 20.5. The number of hydrogen-bond acceptors (Lipinski definition) is 5. The van der Waals surface area contributed by atoms with E-state index in [1.165, 1.54) is 11.1 Å². The minimum Gasteiger partial charge on any atom is -0.591 e. The van der Waals surface area contributed by atoms with Crippen LogP contribution in [0.25, 0.3) is 0 Å². The molecule has 0 spiro atoms. The molecule has 0 aromatic carbocycles. The van der Waals surface area contributed by atoms with E-state index in [0.29, 0.717) is 23.0 Å². The number of anilines is 1. The summed E-state index contributed by atoms with van der Waals surface area (Å²) in [6.07, 6.45) is 3.62. The molecule has 1 aliphatic rings. The Morgan fingerprint density at radius 2 is 2.00 bits per heavy atom. The normalized spacial score (nSPS) is 16.2. The van der Waals surface area contributed by atoms with Gasteiger partial charge in [-0.25, -0.2) is 4.98 Å². The van der Waals surface area contributed by atoms with Gasteiger partial charge in [-0.2, -0.15) is 0 Å². The molecule has 1 aromatic rings. The first-order valence-corrected chi connectivity index (χ1v) is 9.62. The van der Waals surface area contributed by atoms with Crippen LogP contribution in [-0.2, 0) is 11.4 Å². The maximum Gasteiger partial charge on any atom is 0.254 e. The van der Waals surface area contributed by atoms with Crippen molar-refractivity contribution in [1.29, 1.82) is 0 Å². The van der Waals surface area contributed by atoms with Crippen molar-refractivity contribution in [2.24, 2.45) is 4.40 Å². The zero-order chi connectivity index (χ0) is 18.9. The molecule has 0 N–H and O–H groups in total. The number of nitrogens with zero attached hydrogens (tertiary/aromatic N) is 4. The van der Waals surface area contributed by atoms with Crippen LogP contribution in [0.4, 0.5) is 5.82 Å². The van der Waals surface area contributed by atoms with E-state index in [-0.39, 0.29) is 11.1 Å². The lowest BCUT2D eigenvalue weighted by Crippen LogP contribution is -2.27. The first-order valence-electron chi connectivity index (χ1n) is 8.13. The van der Waals surface area contributed by atoms with E-state index in [4.69, 9.17) is 11.6 Å². The Bertz CT molecular complexity index is 684. The summed E-state index contributed by atoms with van der Waals surface area (Å²) in [5.41, 5.74) is 0.799. The first kappa shape index (κ1) is 20.0. The second kappa shape index (κ2) is 7.51. The first-order chi connectivity index (χ1) is 11.5. The lowest BCUT2D eigenvalue weighted by atomic mass is 10.1. The van der Waals surface area contributed by atoms with Gasteiger partial charge in [-0.1, -0.05) is 16.0 Å². The van der Waals surface area contributed by atoms with Gasteiger partial charge in [0.2, 0.25) is 0 Å². The van der Waals surface area contributed by atoms with Gasteiger partial charge in [-0.15, -0.1) is 0 Å². The van der Waals surface area contributed by atoms with Gasteiger partial charge in [0.05, 0.1) is 11.8 Å². The van der Waals surface area contributed by atoms with Gasteiger partial charge in [-0.3, -0.25) is 4.79 Å². The van der Waals surface area contributed by atoms with Crippen molar-refractivity contribution < 1.29 is 9.35 Å². The van der Waals surface area contributed by atoms with Crippen LogP contribution < -0.4 is 4.90 Å². The van der Waals surface area contributed by atoms with Gasteiger partial charge >= 0.3 is 0 Å². The van der Waals surface area contributed by atoms with E-state index < -0.39 is 16.1 Å². The number of aromatic nitrogens is 1. The second-order valence-electron chi connectivity index (χ2n) is 7.37. The van der Waals surface area contributed by atoms with Crippen LogP contribution in [0.1, 0.15) is 49.5 Å². The van der Waals surface area contributed by atoms with Gasteiger partial charge in [0, 0.05) is 32.7 Å². The average molecular weight is 385 g/mol. The second-order valence-corrected chi connectivity index (χ2v) is 9.66. The number of halogens is 1. The summed E-state index contributed by atoms with van der Waals surface area (Å²) in [6, 6.07) is 2.17. The number of pyridine rings is 1. The van der Waals surface area contributed by atoms with Gasteiger partial charge in [0.15, 0.2) is 0 Å². The third kappa shape index (κ3) is 4.86. The molecule has 138 valence electrons. The van der Waals surface area contributed by atoms with E-state index in [1.54, 1.807) is 20.2 Å². The van der Waals surface area contributed by atoms with Crippen LogP contribution in [0.5, 0.6) is 0 Å². The highest BCUT2D eigenvalue weighted by Gasteiger charge is 2.30. The van der Waals surface area contributed by atoms with Crippen molar-refractivity contribution in [3.63, 3.8) is 0 Å². The van der Waals surface area contributed by atoms with Crippen molar-refractivity contribution in [2.45, 2.75) is 44.4 Å². The van der Waals surface area contributed by atoms with Crippen molar-refractivity contribution in [2.75, 3.05) is 26.0 Å². The summed E-state index contributed by atoms with van der Waals surface area (Å²) in [5.74, 6) is 0.463. The molecule has 1 heterocycles. The molecule has 1 aromatic heterocycles. The number of carbonyl (C=O) groups excluding carboxylic acids is 1. The molecule has 1 amide bonds. The lowest BCUT2D eigenvalue weighted by Gasteiger charge is -2.21. The molecule has 8 heteroatoms. The van der Waals surface area contributed by atoms with E-state index in [0.717, 1.165) is 12.8 Å². The molecule has 1 saturated carbocycles. The Labute approximate surface area is 157 Å². The topological polar surface area (TPSA) is 71.9 Å². The largest absolute Gasteiger partial charge is 0.591 e. The monoisotopic (exact) mass is 384 g/mol. The van der Waals surface area contributed by atoms with Gasteiger partial charge in [0.1, 0.15) is 27.1 Å². The lowest BCUT2D eigenvalue weighted by molar-refractivity contribution is 0.0827. The molecule has 1 atom stereocenters. The molecule has 0 bridgehead atoms. The Hall–Kier alpha value is -1.31. The average Bonchev–Trinajstić information content (AvgIpc) is 3.35. The summed E-state index contributed by atoms with van der Waals surface area (Å²) in [5, 5.41) is 0.185. The predicted molar refractivity (Wildman–Crippen MR) is 104 cm³/mol. The maximum atomic E-state index is 12.6. The molecule has 0 radical (unpaired) electrons. The van der Waals surface area contributed by atoms with Crippen LogP contribution in [0, 0.1) is 0 Å². The van der Waals surface area contributed by atoms with Crippen molar-refractivity contribution in [3.05, 3.63) is 22.3 Å². The SMILES string of the molecule is CN(C)C(=O)c1cc(N(C)C2CC2)nc(Cl)c1C=N[S+]([O-])C(C)(C)C. The highest BCUT2D eigenvalue weighted by Crippen LogP contribution is 2.32. The van der Waals surface area contributed by atoms with E-state index >= 15 is 0 Å². The standard InChI is InChI=1S/C17H25ClN4O2S/c1-17(2,3)25(24)19-10-13-12(16(23)21(4)5)9-14(20-15(13)18)22(6)11-7-8-11/h9-11H,7-8H2,1-6H3. The molecule has 1 fully saturated rings. The van der Waals surface area contributed by atoms with Crippen molar-refractivity contribution in [1.82, 2.24) is 9.88 Å². The quantitative estimate of drug-likeness (QED) is 0.444. The molecular weight excluding hydrogens is 360 g/mol. The fourth-order valence-electron chi connectivity index (χ4n) is 2.14. The Morgan fingerprint density at radius 3 is 2.48 bits per heavy atom. The molecule has 6 nitrogen and oxygen atoms in total. The number of rotatable bonds is 5. The third-order valence-corrected chi connectivity index (χ3v) is 5.53. The number of hydrogen-bond donors (Lipinski definition) is 0. The zero-order valence-electron chi connectivity index (χ0n) is 15.5. The van der Waals surface area contributed by atoms with Crippen molar-refractivity contribution in [3.8, 4) is 0 Å². The molecule has 25 heavy (non-hydrogen) atoms. The zero-order valence-corrected chi connectivity index (χ0v) is 17.1. The van der Waals surface area contributed by atoms with Gasteiger partial charge < -0.3 is 14.4 Å². The van der Waals surface area contributed by atoms with Gasteiger partial charge in [-0.05, 0) is 39.7 Å². The number of amides is 1. The van der Waals surface area contributed by atoms with E-state index in [9.17, 15) is 9.35 Å². The van der Waals surface area contributed by atoms with Gasteiger partial charge in [0.25, 0.3) is 5.91 Å². The summed E-state index contributed by atoms with van der Waals surface area (Å²) < 4.78 is 15.8. The molecule has 1 unspecified atom stereocenters. The fourth-order valence-corrected chi connectivity index (χ4v) is 2.89. The Morgan fingerprint density at radius 1 is 1.40 bits per heavy atom. The number of carbonyl (C=O) groups is 1. The Balaban J connectivity index is 2.46. The van der Waals surface area contributed by atoms with Crippen LogP contribution in [0.3, 0.4) is 0 Å². The molecule has 1 aliphatic carbocycles. The van der Waals surface area contributed by atoms with Crippen LogP contribution in [0.2, 0.25) is 5.15 Å². The molecule has 0 aliphatic heterocycles. The van der Waals surface area contributed by atoms with E-state index in [1.807, 2.05) is 32.7 Å². The van der Waals surface area contributed by atoms with Crippen LogP contribution in [-0.4, -0.2) is 58.5 Å².